The first-order chi connectivity index (χ1) is 35.0. The van der Waals surface area contributed by atoms with Crippen molar-refractivity contribution in [2.75, 3.05) is 121 Å². The molecule has 0 radical (unpaired) electrons. The predicted molar refractivity (Wildman–Crippen MR) is 308 cm³/mol. The van der Waals surface area contributed by atoms with E-state index >= 15 is 0 Å². The molecule has 8 rings (SSSR count). The molecule has 18 heteroatoms. The van der Waals surface area contributed by atoms with Gasteiger partial charge in [-0.3, -0.25) is 19.2 Å². The van der Waals surface area contributed by atoms with Crippen LogP contribution in [0, 0.1) is 41.4 Å². The maximum absolute atomic E-state index is 12.5. The summed E-state index contributed by atoms with van der Waals surface area (Å²) in [5, 5.41) is 13.3. The second kappa shape index (κ2) is 32.6. The Balaban J connectivity index is 0.000000181. The monoisotopic (exact) mass is 1100 g/mol. The van der Waals surface area contributed by atoms with Gasteiger partial charge in [0.1, 0.15) is 0 Å². The first-order valence-electron chi connectivity index (χ1n) is 28.8. The van der Waals surface area contributed by atoms with Crippen LogP contribution < -0.4 is 21.3 Å². The predicted octanol–water partition coefficient (Wildman–Crippen LogP) is 6.34. The van der Waals surface area contributed by atoms with Gasteiger partial charge < -0.3 is 40.9 Å². The molecule has 11 atom stereocenters. The van der Waals surface area contributed by atoms with Crippen LogP contribution in [0.4, 0.5) is 0 Å². The fourth-order valence-electron chi connectivity index (χ4n) is 12.0. The third-order valence-corrected chi connectivity index (χ3v) is 22.6. The highest BCUT2D eigenvalue weighted by atomic mass is 32.2. The average Bonchev–Trinajstić information content (AvgIpc) is 3.45. The van der Waals surface area contributed by atoms with Crippen molar-refractivity contribution in [3.63, 3.8) is 0 Å². The minimum atomic E-state index is -2.86. The van der Waals surface area contributed by atoms with Crippen molar-refractivity contribution in [2.45, 2.75) is 160 Å². The molecular weight excluding hydrogens is 997 g/mol. The van der Waals surface area contributed by atoms with Gasteiger partial charge in [0.05, 0.1) is 35.7 Å². The SMILES string of the molecule is CNC1CC(C)CCN(CC2CCCCS2)C1=O.CNC1CC(C)CCN(CC2CCCSC2)C1=O.CNC1CC(C)CCN(CC2CCS(=O)(=O)C2)C1=O.CNC1CC(C)CCN(CC2CCSCC2)C1=O. The molecule has 8 fully saturated rings. The van der Waals surface area contributed by atoms with Crippen LogP contribution in [0.1, 0.15) is 130 Å². The molecular formula is C55H102N8O6S4. The molecule has 8 aliphatic heterocycles. The van der Waals surface area contributed by atoms with Crippen LogP contribution in [0.25, 0.3) is 0 Å². The lowest BCUT2D eigenvalue weighted by molar-refractivity contribution is -0.134. The lowest BCUT2D eigenvalue weighted by atomic mass is 10.0. The summed E-state index contributed by atoms with van der Waals surface area (Å²) in [6.45, 7) is 16.1. The summed E-state index contributed by atoms with van der Waals surface area (Å²) >= 11 is 6.17. The molecule has 0 saturated carbocycles. The molecule has 73 heavy (non-hydrogen) atoms. The van der Waals surface area contributed by atoms with E-state index in [1.807, 2.05) is 33.1 Å². The fourth-order valence-corrected chi connectivity index (χ4v) is 17.5. The summed E-state index contributed by atoms with van der Waals surface area (Å²) in [6, 6.07) is 0.00538. The van der Waals surface area contributed by atoms with Crippen LogP contribution in [-0.2, 0) is 29.0 Å². The average molecular weight is 1100 g/mol. The molecule has 0 aromatic heterocycles. The Morgan fingerprint density at radius 1 is 0.452 bits per heavy atom. The van der Waals surface area contributed by atoms with Crippen molar-refractivity contribution in [1.82, 2.24) is 40.9 Å². The Morgan fingerprint density at radius 2 is 0.877 bits per heavy atom. The van der Waals surface area contributed by atoms with Gasteiger partial charge in [0.2, 0.25) is 23.6 Å². The van der Waals surface area contributed by atoms with Crippen LogP contribution >= 0.6 is 35.3 Å². The molecule has 4 N–H and O–H groups in total. The smallest absolute Gasteiger partial charge is 0.239 e. The number of nitrogens with zero attached hydrogens (tertiary/aromatic N) is 4. The number of likely N-dealkylation sites (tertiary alicyclic amines) is 4. The van der Waals surface area contributed by atoms with E-state index in [0.717, 1.165) is 109 Å². The van der Waals surface area contributed by atoms with Gasteiger partial charge >= 0.3 is 0 Å². The van der Waals surface area contributed by atoms with Gasteiger partial charge in [-0.1, -0.05) is 34.1 Å². The Kier molecular flexibility index (Phi) is 27.9. The maximum Gasteiger partial charge on any atom is 0.239 e. The quantitative estimate of drug-likeness (QED) is 0.172. The van der Waals surface area contributed by atoms with Gasteiger partial charge in [0, 0.05) is 57.6 Å². The summed E-state index contributed by atoms with van der Waals surface area (Å²) in [5.41, 5.74) is 0. The largest absolute Gasteiger partial charge is 0.341 e. The minimum absolute atomic E-state index is 0.0380. The van der Waals surface area contributed by atoms with Gasteiger partial charge in [0.25, 0.3) is 0 Å². The van der Waals surface area contributed by atoms with Crippen LogP contribution in [0.15, 0.2) is 0 Å². The van der Waals surface area contributed by atoms with Gasteiger partial charge in [-0.15, -0.1) is 0 Å². The normalized spacial score (nSPS) is 33.9. The molecule has 8 aliphatic rings. The van der Waals surface area contributed by atoms with Crippen molar-refractivity contribution in [1.29, 1.82) is 0 Å². The van der Waals surface area contributed by atoms with Crippen molar-refractivity contribution in [3.05, 3.63) is 0 Å². The van der Waals surface area contributed by atoms with E-state index in [-0.39, 0.29) is 47.5 Å². The lowest BCUT2D eigenvalue weighted by Gasteiger charge is -2.30. The van der Waals surface area contributed by atoms with Crippen molar-refractivity contribution in [2.24, 2.45) is 41.4 Å². The summed E-state index contributed by atoms with van der Waals surface area (Å²) in [5.74, 6) is 12.1. The number of carbonyl (C=O) groups is 4. The first kappa shape index (κ1) is 62.6. The summed E-state index contributed by atoms with van der Waals surface area (Å²) in [6.07, 6.45) is 18.2. The van der Waals surface area contributed by atoms with Crippen molar-refractivity contribution < 1.29 is 27.6 Å². The zero-order valence-corrected chi connectivity index (χ0v) is 50.0. The number of hydrogen-bond acceptors (Lipinski definition) is 13. The van der Waals surface area contributed by atoms with E-state index < -0.39 is 9.84 Å². The second-order valence-corrected chi connectivity index (χ2v) is 29.4. The standard InChI is InChI=1S/3C14H26N2OS.C13H24N2O3S/c1-11-3-6-16(14(17)13(9-11)15-2)10-12-4-7-18-8-5-12;1-11-5-6-16(14(17)13(8-11)15-2)9-12-4-3-7-18-10-12;1-11-6-7-16(14(17)13(9-11)15-2)10-12-5-3-4-8-18-12;1-10-3-5-15(13(16)12(7-10)14-2)8-11-4-6-19(17,18)9-11/h3*11-13,15H,3-10H2,1-2H3;10-12,14H,3-9H2,1-2H3. The molecule has 0 aromatic rings. The molecule has 0 spiro atoms. The second-order valence-electron chi connectivity index (χ2n) is 23.4. The van der Waals surface area contributed by atoms with Crippen LogP contribution in [0.2, 0.25) is 0 Å². The molecule has 0 aliphatic carbocycles. The third-order valence-electron chi connectivity index (χ3n) is 17.0. The first-order valence-corrected chi connectivity index (χ1v) is 34.0. The minimum Gasteiger partial charge on any atom is -0.341 e. The zero-order valence-electron chi connectivity index (χ0n) is 46.7. The van der Waals surface area contributed by atoms with Crippen LogP contribution in [0.5, 0.6) is 0 Å². The molecule has 14 nitrogen and oxygen atoms in total. The third kappa shape index (κ3) is 21.1. The number of sulfone groups is 1. The highest BCUT2D eigenvalue weighted by Crippen LogP contribution is 2.30. The van der Waals surface area contributed by atoms with Crippen LogP contribution in [-0.4, -0.2) is 202 Å². The van der Waals surface area contributed by atoms with E-state index in [4.69, 9.17) is 0 Å². The summed E-state index contributed by atoms with van der Waals surface area (Å²) in [7, 11) is 4.70. The highest BCUT2D eigenvalue weighted by molar-refractivity contribution is 8.00. The van der Waals surface area contributed by atoms with Gasteiger partial charge in [0.15, 0.2) is 9.84 Å². The van der Waals surface area contributed by atoms with E-state index in [9.17, 15) is 27.6 Å². The molecule has 0 bridgehead atoms. The topological polar surface area (TPSA) is 164 Å². The molecule has 11 unspecified atom stereocenters. The number of carbonyl (C=O) groups excluding carboxylic acids is 4. The Morgan fingerprint density at radius 3 is 1.25 bits per heavy atom. The number of hydrogen-bond donors (Lipinski definition) is 4. The lowest BCUT2D eigenvalue weighted by Crippen LogP contribution is -2.46. The Bertz CT molecular complexity index is 1630. The van der Waals surface area contributed by atoms with Gasteiger partial charge in [-0.25, -0.2) is 8.42 Å². The van der Waals surface area contributed by atoms with E-state index in [0.29, 0.717) is 59.6 Å². The van der Waals surface area contributed by atoms with E-state index in [1.54, 1.807) is 0 Å². The van der Waals surface area contributed by atoms with Gasteiger partial charge in [-0.05, 0) is 195 Å². The highest BCUT2D eigenvalue weighted by Gasteiger charge is 2.36. The van der Waals surface area contributed by atoms with E-state index in [2.05, 4.69) is 98.9 Å². The molecule has 8 heterocycles. The molecule has 4 amide bonds. The summed E-state index contributed by atoms with van der Waals surface area (Å²) in [4.78, 5) is 58.0. The number of thioether (sulfide) groups is 3. The van der Waals surface area contributed by atoms with Gasteiger partial charge in [-0.2, -0.15) is 35.3 Å². The molecule has 0 aromatic carbocycles. The number of likely N-dealkylation sites (N-methyl/N-ethyl adjacent to an activating group) is 4. The zero-order chi connectivity index (χ0) is 52.9. The van der Waals surface area contributed by atoms with Crippen molar-refractivity contribution in [3.8, 4) is 0 Å². The maximum atomic E-state index is 12.5. The number of rotatable bonds is 12. The fraction of sp³-hybridized carbons (Fsp3) is 0.927. The molecule has 8 saturated heterocycles. The van der Waals surface area contributed by atoms with Crippen molar-refractivity contribution >= 4 is 68.8 Å². The molecule has 422 valence electrons. The van der Waals surface area contributed by atoms with Crippen LogP contribution in [0.3, 0.4) is 0 Å². The number of nitrogens with one attached hydrogen (secondary N) is 4. The van der Waals surface area contributed by atoms with E-state index in [1.165, 1.54) is 73.7 Å². The Hall–Kier alpha value is -1.28. The summed E-state index contributed by atoms with van der Waals surface area (Å²) < 4.78 is 23.0. The Labute approximate surface area is 456 Å². The number of amides is 4.